The van der Waals surface area contributed by atoms with E-state index in [9.17, 15) is 9.18 Å². The fourth-order valence-electron chi connectivity index (χ4n) is 4.08. The van der Waals surface area contributed by atoms with Crippen LogP contribution < -0.4 is 0 Å². The quantitative estimate of drug-likeness (QED) is 0.831. The number of halogens is 1. The topological polar surface area (TPSA) is 41.4 Å². The van der Waals surface area contributed by atoms with Gasteiger partial charge in [0.15, 0.2) is 0 Å². The largest absolute Gasteiger partial charge is 0.331 e. The third kappa shape index (κ3) is 4.21. The Morgan fingerprint density at radius 1 is 1.00 bits per heavy atom. The Hall–Kier alpha value is -2.21. The van der Waals surface area contributed by atoms with Crippen molar-refractivity contribution in [2.45, 2.75) is 51.7 Å². The van der Waals surface area contributed by atoms with Crippen LogP contribution in [0.3, 0.4) is 0 Å². The minimum Gasteiger partial charge on any atom is -0.331 e. The predicted molar refractivity (Wildman–Crippen MR) is 102 cm³/mol. The van der Waals surface area contributed by atoms with E-state index in [0.29, 0.717) is 19.6 Å². The van der Waals surface area contributed by atoms with Crippen LogP contribution in [0, 0.1) is 5.82 Å². The number of carbonyl (C=O) groups is 1. The second-order valence-electron chi connectivity index (χ2n) is 7.60. The highest BCUT2D eigenvalue weighted by molar-refractivity contribution is 5.94. The molecule has 0 N–H and O–H groups in total. The standard InChI is InChI=1S/C21H27FN4O/c22-20-9-5-4-8-19(20)21(27)25-12-13-26-18(16-25)14-17(23-26)15-24-10-6-2-1-3-7-11-24/h4-5,8-9,14H,1-3,6-7,10-13,15-16H2. The van der Waals surface area contributed by atoms with Gasteiger partial charge in [-0.05, 0) is 44.1 Å². The Morgan fingerprint density at radius 2 is 1.74 bits per heavy atom. The predicted octanol–water partition coefficient (Wildman–Crippen LogP) is 3.44. The molecule has 6 heteroatoms. The molecule has 1 saturated heterocycles. The molecular formula is C21H27FN4O. The fraction of sp³-hybridized carbons (Fsp3) is 0.524. The van der Waals surface area contributed by atoms with E-state index in [0.717, 1.165) is 31.0 Å². The molecule has 2 aromatic rings. The normalized spacial score (nSPS) is 18.6. The van der Waals surface area contributed by atoms with Crippen LogP contribution in [0.15, 0.2) is 30.3 Å². The summed E-state index contributed by atoms with van der Waals surface area (Å²) >= 11 is 0. The molecule has 0 bridgehead atoms. The maximum absolute atomic E-state index is 13.9. The number of benzene rings is 1. The van der Waals surface area contributed by atoms with Crippen LogP contribution in [-0.2, 0) is 19.6 Å². The van der Waals surface area contributed by atoms with E-state index in [1.165, 1.54) is 38.2 Å². The van der Waals surface area contributed by atoms with Crippen molar-refractivity contribution in [3.63, 3.8) is 0 Å². The van der Waals surface area contributed by atoms with Crippen molar-refractivity contribution in [3.05, 3.63) is 53.1 Å². The van der Waals surface area contributed by atoms with Crippen LogP contribution >= 0.6 is 0 Å². The average molecular weight is 370 g/mol. The van der Waals surface area contributed by atoms with E-state index in [2.05, 4.69) is 11.0 Å². The lowest BCUT2D eigenvalue weighted by Crippen LogP contribution is -2.38. The highest BCUT2D eigenvalue weighted by Crippen LogP contribution is 2.19. The molecule has 144 valence electrons. The summed E-state index contributed by atoms with van der Waals surface area (Å²) in [7, 11) is 0. The molecule has 0 spiro atoms. The molecule has 5 nitrogen and oxygen atoms in total. The number of nitrogens with zero attached hydrogens (tertiary/aromatic N) is 4. The van der Waals surface area contributed by atoms with Gasteiger partial charge in [-0.3, -0.25) is 14.4 Å². The van der Waals surface area contributed by atoms with Crippen LogP contribution in [0.5, 0.6) is 0 Å². The van der Waals surface area contributed by atoms with E-state index in [-0.39, 0.29) is 11.5 Å². The van der Waals surface area contributed by atoms with Gasteiger partial charge in [0.1, 0.15) is 5.82 Å². The van der Waals surface area contributed by atoms with E-state index in [1.807, 2.05) is 4.68 Å². The molecule has 4 rings (SSSR count). The molecule has 1 aromatic heterocycles. The maximum atomic E-state index is 13.9. The van der Waals surface area contributed by atoms with Gasteiger partial charge in [-0.1, -0.05) is 31.4 Å². The van der Waals surface area contributed by atoms with Gasteiger partial charge in [0, 0.05) is 13.1 Å². The molecular weight excluding hydrogens is 343 g/mol. The van der Waals surface area contributed by atoms with Crippen molar-refractivity contribution >= 4 is 5.91 Å². The maximum Gasteiger partial charge on any atom is 0.257 e. The third-order valence-electron chi connectivity index (χ3n) is 5.57. The molecule has 1 fully saturated rings. The van der Waals surface area contributed by atoms with Crippen LogP contribution in [0.2, 0.25) is 0 Å². The Kier molecular flexibility index (Phi) is 5.53. The molecule has 0 saturated carbocycles. The first-order chi connectivity index (χ1) is 13.2. The molecule has 3 heterocycles. The summed E-state index contributed by atoms with van der Waals surface area (Å²) in [5.41, 5.74) is 2.25. The molecule has 2 aliphatic heterocycles. The molecule has 0 unspecified atom stereocenters. The molecule has 0 atom stereocenters. The van der Waals surface area contributed by atoms with E-state index in [4.69, 9.17) is 5.10 Å². The van der Waals surface area contributed by atoms with E-state index < -0.39 is 5.82 Å². The molecule has 0 aliphatic carbocycles. The number of amides is 1. The van der Waals surface area contributed by atoms with Crippen molar-refractivity contribution in [2.24, 2.45) is 0 Å². The molecule has 0 radical (unpaired) electrons. The van der Waals surface area contributed by atoms with Gasteiger partial charge in [-0.2, -0.15) is 5.10 Å². The van der Waals surface area contributed by atoms with Crippen molar-refractivity contribution in [2.75, 3.05) is 19.6 Å². The molecule has 1 aromatic carbocycles. The lowest BCUT2D eigenvalue weighted by atomic mass is 10.1. The van der Waals surface area contributed by atoms with Gasteiger partial charge in [0.2, 0.25) is 0 Å². The molecule has 1 amide bonds. The van der Waals surface area contributed by atoms with Gasteiger partial charge in [0.25, 0.3) is 5.91 Å². The Bertz CT molecular complexity index is 795. The first-order valence-electron chi connectivity index (χ1n) is 10.0. The monoisotopic (exact) mass is 370 g/mol. The minimum absolute atomic E-state index is 0.145. The number of aromatic nitrogens is 2. The van der Waals surface area contributed by atoms with Gasteiger partial charge in [-0.15, -0.1) is 0 Å². The zero-order chi connectivity index (χ0) is 18.6. The van der Waals surface area contributed by atoms with Crippen LogP contribution in [0.25, 0.3) is 0 Å². The van der Waals surface area contributed by atoms with Gasteiger partial charge < -0.3 is 4.90 Å². The summed E-state index contributed by atoms with van der Waals surface area (Å²) in [5, 5.41) is 4.75. The second kappa shape index (κ2) is 8.21. The number of carbonyl (C=O) groups excluding carboxylic acids is 1. The molecule has 2 aliphatic rings. The highest BCUT2D eigenvalue weighted by atomic mass is 19.1. The van der Waals surface area contributed by atoms with Crippen molar-refractivity contribution in [1.82, 2.24) is 19.6 Å². The van der Waals surface area contributed by atoms with Crippen LogP contribution in [0.4, 0.5) is 4.39 Å². The van der Waals surface area contributed by atoms with Crippen LogP contribution in [-0.4, -0.2) is 45.1 Å². The lowest BCUT2D eigenvalue weighted by molar-refractivity contribution is 0.0701. The van der Waals surface area contributed by atoms with Crippen molar-refractivity contribution in [3.8, 4) is 0 Å². The first-order valence-corrected chi connectivity index (χ1v) is 10.0. The highest BCUT2D eigenvalue weighted by Gasteiger charge is 2.25. The summed E-state index contributed by atoms with van der Waals surface area (Å²) < 4.78 is 16.0. The fourth-order valence-corrected chi connectivity index (χ4v) is 4.08. The second-order valence-corrected chi connectivity index (χ2v) is 7.60. The summed E-state index contributed by atoms with van der Waals surface area (Å²) in [4.78, 5) is 16.9. The van der Waals surface area contributed by atoms with Crippen LogP contribution in [0.1, 0.15) is 53.8 Å². The zero-order valence-electron chi connectivity index (χ0n) is 15.7. The number of hydrogen-bond acceptors (Lipinski definition) is 3. The summed E-state index contributed by atoms with van der Waals surface area (Å²) in [6.45, 7) is 4.86. The summed E-state index contributed by atoms with van der Waals surface area (Å²) in [5.74, 6) is -0.703. The minimum atomic E-state index is -0.459. The van der Waals surface area contributed by atoms with Crippen molar-refractivity contribution < 1.29 is 9.18 Å². The van der Waals surface area contributed by atoms with Gasteiger partial charge in [0.05, 0.1) is 30.0 Å². The van der Waals surface area contributed by atoms with Crippen molar-refractivity contribution in [1.29, 1.82) is 0 Å². The average Bonchev–Trinajstić information content (AvgIpc) is 3.05. The van der Waals surface area contributed by atoms with Gasteiger partial charge in [-0.25, -0.2) is 4.39 Å². The summed E-state index contributed by atoms with van der Waals surface area (Å²) in [6.07, 6.45) is 6.53. The lowest BCUT2D eigenvalue weighted by Gasteiger charge is -2.27. The third-order valence-corrected chi connectivity index (χ3v) is 5.57. The SMILES string of the molecule is O=C(c1ccccc1F)N1CCn2nc(CN3CCCCCCC3)cc2C1. The Labute approximate surface area is 159 Å². The number of fused-ring (bicyclic) bond motifs is 1. The Balaban J connectivity index is 1.43. The van der Waals surface area contributed by atoms with E-state index >= 15 is 0 Å². The summed E-state index contributed by atoms with van der Waals surface area (Å²) in [6, 6.07) is 8.31. The number of rotatable bonds is 3. The number of likely N-dealkylation sites (tertiary alicyclic amines) is 1. The van der Waals surface area contributed by atoms with E-state index in [1.54, 1.807) is 23.1 Å². The Morgan fingerprint density at radius 3 is 2.52 bits per heavy atom. The number of hydrogen-bond donors (Lipinski definition) is 0. The van der Waals surface area contributed by atoms with Gasteiger partial charge >= 0.3 is 0 Å². The molecule has 27 heavy (non-hydrogen) atoms. The smallest absolute Gasteiger partial charge is 0.257 e. The zero-order valence-corrected chi connectivity index (χ0v) is 15.7. The first kappa shape index (κ1) is 18.2.